The van der Waals surface area contributed by atoms with Crippen molar-refractivity contribution in [2.45, 2.75) is 38.8 Å². The average molecular weight is 244 g/mol. The summed E-state index contributed by atoms with van der Waals surface area (Å²) < 4.78 is 5.59. The maximum atomic E-state index is 9.18. The second-order valence-electron chi connectivity index (χ2n) is 5.15. The zero-order chi connectivity index (χ0) is 13.0. The number of rotatable bonds is 6. The van der Waals surface area contributed by atoms with Gasteiger partial charge in [0, 0.05) is 0 Å². The van der Waals surface area contributed by atoms with Gasteiger partial charge in [0.25, 0.3) is 0 Å². The maximum absolute atomic E-state index is 9.18. The number of nitrogens with one attached hydrogen (secondary N) is 1. The van der Waals surface area contributed by atoms with Crippen molar-refractivity contribution in [1.29, 1.82) is 5.26 Å². The summed E-state index contributed by atoms with van der Waals surface area (Å²) in [7, 11) is 0. The second kappa shape index (κ2) is 5.88. The Hall–Kier alpha value is -1.53. The molecule has 18 heavy (non-hydrogen) atoms. The molecule has 2 rings (SSSR count). The van der Waals surface area contributed by atoms with Gasteiger partial charge in [0.15, 0.2) is 0 Å². The van der Waals surface area contributed by atoms with E-state index in [1.807, 2.05) is 38.1 Å². The minimum atomic E-state index is -0.210. The number of nitrogens with zero attached hydrogens (tertiary/aromatic N) is 1. The lowest BCUT2D eigenvalue weighted by Gasteiger charge is -2.13. The summed E-state index contributed by atoms with van der Waals surface area (Å²) in [5, 5.41) is 12.5. The van der Waals surface area contributed by atoms with Gasteiger partial charge in [-0.25, -0.2) is 0 Å². The fraction of sp³-hybridized carbons (Fsp3) is 0.533. The Kier molecular flexibility index (Phi) is 4.22. The van der Waals surface area contributed by atoms with Crippen molar-refractivity contribution in [2.24, 2.45) is 5.92 Å². The molecule has 1 aliphatic rings. The van der Waals surface area contributed by atoms with Gasteiger partial charge in [-0.2, -0.15) is 5.26 Å². The molecule has 3 heteroatoms. The maximum Gasteiger partial charge on any atom is 0.121 e. The Balaban J connectivity index is 1.95. The van der Waals surface area contributed by atoms with E-state index in [2.05, 4.69) is 11.4 Å². The van der Waals surface area contributed by atoms with E-state index >= 15 is 0 Å². The molecule has 0 aromatic heterocycles. The molecule has 1 atom stereocenters. The molecule has 0 bridgehead atoms. The molecule has 1 unspecified atom stereocenters. The summed E-state index contributed by atoms with van der Waals surface area (Å²) in [4.78, 5) is 0. The van der Waals surface area contributed by atoms with Gasteiger partial charge in [-0.1, -0.05) is 12.1 Å². The minimum Gasteiger partial charge on any atom is -0.491 e. The summed E-state index contributed by atoms with van der Waals surface area (Å²) in [6.45, 7) is 4.95. The lowest BCUT2D eigenvalue weighted by Crippen LogP contribution is -2.22. The molecule has 0 saturated heterocycles. The number of benzene rings is 1. The van der Waals surface area contributed by atoms with Crippen LogP contribution < -0.4 is 10.1 Å². The van der Waals surface area contributed by atoms with Crippen molar-refractivity contribution in [3.63, 3.8) is 0 Å². The van der Waals surface area contributed by atoms with E-state index in [9.17, 15) is 5.26 Å². The zero-order valence-electron chi connectivity index (χ0n) is 11.0. The Bertz CT molecular complexity index is 415. The monoisotopic (exact) mass is 244 g/mol. The molecule has 0 aliphatic heterocycles. The molecule has 0 spiro atoms. The molecule has 3 nitrogen and oxygen atoms in total. The predicted molar refractivity (Wildman–Crippen MR) is 71.3 cm³/mol. The van der Waals surface area contributed by atoms with Gasteiger partial charge in [0.2, 0.25) is 0 Å². The highest BCUT2D eigenvalue weighted by atomic mass is 16.5. The van der Waals surface area contributed by atoms with Crippen LogP contribution >= 0.6 is 0 Å². The van der Waals surface area contributed by atoms with Gasteiger partial charge in [0.1, 0.15) is 11.8 Å². The Labute approximate surface area is 109 Å². The van der Waals surface area contributed by atoms with Crippen LogP contribution in [0.3, 0.4) is 0 Å². The van der Waals surface area contributed by atoms with Crippen molar-refractivity contribution in [3.05, 3.63) is 29.8 Å². The third-order valence-corrected chi connectivity index (χ3v) is 3.02. The van der Waals surface area contributed by atoms with Crippen molar-refractivity contribution < 1.29 is 4.74 Å². The molecule has 1 N–H and O–H groups in total. The molecule has 96 valence electrons. The van der Waals surface area contributed by atoms with Crippen molar-refractivity contribution in [1.82, 2.24) is 5.32 Å². The van der Waals surface area contributed by atoms with Gasteiger partial charge < -0.3 is 4.74 Å². The largest absolute Gasteiger partial charge is 0.491 e. The Morgan fingerprint density at radius 1 is 1.33 bits per heavy atom. The lowest BCUT2D eigenvalue weighted by molar-refractivity contribution is 0.242. The standard InChI is InChI=1S/C15H20N2O/c1-11(2)18-14-7-5-13(6-8-14)15(9-16)17-10-12-3-4-12/h5-8,11-12,15,17H,3-4,10H2,1-2H3. The molecule has 0 amide bonds. The fourth-order valence-corrected chi connectivity index (χ4v) is 1.86. The molecule has 1 saturated carbocycles. The van der Waals surface area contributed by atoms with Crippen LogP contribution in [0.5, 0.6) is 5.75 Å². The SMILES string of the molecule is CC(C)Oc1ccc(C(C#N)NCC2CC2)cc1. The van der Waals surface area contributed by atoms with Crippen LogP contribution in [0.2, 0.25) is 0 Å². The molecule has 0 heterocycles. The summed E-state index contributed by atoms with van der Waals surface area (Å²) in [5.74, 6) is 1.64. The Morgan fingerprint density at radius 2 is 2.00 bits per heavy atom. The van der Waals surface area contributed by atoms with Crippen LogP contribution in [0.4, 0.5) is 0 Å². The molecule has 1 aromatic carbocycles. The number of ether oxygens (including phenoxy) is 1. The fourth-order valence-electron chi connectivity index (χ4n) is 1.86. The van der Waals surface area contributed by atoms with E-state index in [1.165, 1.54) is 12.8 Å². The number of hydrogen-bond acceptors (Lipinski definition) is 3. The quantitative estimate of drug-likeness (QED) is 0.836. The third-order valence-electron chi connectivity index (χ3n) is 3.02. The molecular formula is C15H20N2O. The van der Waals surface area contributed by atoms with E-state index in [4.69, 9.17) is 4.74 Å². The van der Waals surface area contributed by atoms with Crippen LogP contribution in [0.1, 0.15) is 38.3 Å². The summed E-state index contributed by atoms with van der Waals surface area (Å²) in [6.07, 6.45) is 2.77. The summed E-state index contributed by atoms with van der Waals surface area (Å²) in [6, 6.07) is 9.89. The van der Waals surface area contributed by atoms with Crippen LogP contribution in [-0.4, -0.2) is 12.6 Å². The van der Waals surface area contributed by atoms with Gasteiger partial charge in [-0.05, 0) is 56.8 Å². The first-order chi connectivity index (χ1) is 8.69. The summed E-state index contributed by atoms with van der Waals surface area (Å²) in [5.41, 5.74) is 1.01. The second-order valence-corrected chi connectivity index (χ2v) is 5.15. The van der Waals surface area contributed by atoms with Crippen LogP contribution in [0.25, 0.3) is 0 Å². The topological polar surface area (TPSA) is 45.0 Å². The molecule has 1 aromatic rings. The van der Waals surface area contributed by atoms with Crippen LogP contribution in [0.15, 0.2) is 24.3 Å². The smallest absolute Gasteiger partial charge is 0.121 e. The molecule has 1 aliphatic carbocycles. The van der Waals surface area contributed by atoms with Gasteiger partial charge in [-0.3, -0.25) is 5.32 Å². The van der Waals surface area contributed by atoms with E-state index in [-0.39, 0.29) is 12.1 Å². The van der Waals surface area contributed by atoms with E-state index in [1.54, 1.807) is 0 Å². The average Bonchev–Trinajstić information content (AvgIpc) is 3.15. The minimum absolute atomic E-state index is 0.176. The van der Waals surface area contributed by atoms with Crippen molar-refractivity contribution in [3.8, 4) is 11.8 Å². The van der Waals surface area contributed by atoms with E-state index in [0.29, 0.717) is 0 Å². The number of hydrogen-bond donors (Lipinski definition) is 1. The van der Waals surface area contributed by atoms with Gasteiger partial charge in [-0.15, -0.1) is 0 Å². The van der Waals surface area contributed by atoms with Crippen LogP contribution in [0, 0.1) is 17.2 Å². The predicted octanol–water partition coefficient (Wildman–Crippen LogP) is 3.04. The number of nitriles is 1. The Morgan fingerprint density at radius 3 is 2.50 bits per heavy atom. The van der Waals surface area contributed by atoms with E-state index < -0.39 is 0 Å². The lowest BCUT2D eigenvalue weighted by atomic mass is 10.1. The first kappa shape index (κ1) is 12.9. The molecule has 1 fully saturated rings. The van der Waals surface area contributed by atoms with E-state index in [0.717, 1.165) is 23.8 Å². The van der Waals surface area contributed by atoms with Crippen molar-refractivity contribution >= 4 is 0 Å². The first-order valence-electron chi connectivity index (χ1n) is 6.58. The first-order valence-corrected chi connectivity index (χ1v) is 6.58. The zero-order valence-corrected chi connectivity index (χ0v) is 11.0. The van der Waals surface area contributed by atoms with Gasteiger partial charge in [0.05, 0.1) is 12.2 Å². The highest BCUT2D eigenvalue weighted by Gasteiger charge is 2.22. The molecule has 0 radical (unpaired) electrons. The third kappa shape index (κ3) is 3.75. The van der Waals surface area contributed by atoms with Crippen LogP contribution in [-0.2, 0) is 0 Å². The van der Waals surface area contributed by atoms with Crippen molar-refractivity contribution in [2.75, 3.05) is 6.54 Å². The summed E-state index contributed by atoms with van der Waals surface area (Å²) >= 11 is 0. The highest BCUT2D eigenvalue weighted by molar-refractivity contribution is 5.31. The molecular weight excluding hydrogens is 224 g/mol. The van der Waals surface area contributed by atoms with Gasteiger partial charge >= 0.3 is 0 Å². The normalized spacial score (nSPS) is 16.3. The highest BCUT2D eigenvalue weighted by Crippen LogP contribution is 2.28.